The Morgan fingerprint density at radius 3 is 2.46 bits per heavy atom. The molecule has 0 aliphatic rings. The second-order valence-corrected chi connectivity index (χ2v) is 6.16. The standard InChI is InChI=1S/C21H25NO4/c1-4-15(2)20(16-9-6-5-7-10-16)21(24)26-14-19(23)22-17-11-8-12-18(13-17)25-3/h5-13,15,20H,4,14H2,1-3H3,(H,22,23). The second-order valence-electron chi connectivity index (χ2n) is 6.16. The Labute approximate surface area is 154 Å². The SMILES string of the molecule is CCC(C)C(C(=O)OCC(=O)Nc1cccc(OC)c1)c1ccccc1. The quantitative estimate of drug-likeness (QED) is 0.727. The molecule has 2 atom stereocenters. The van der Waals surface area contributed by atoms with Crippen LogP contribution in [0.5, 0.6) is 5.75 Å². The van der Waals surface area contributed by atoms with Crippen LogP contribution in [0, 0.1) is 5.92 Å². The maximum Gasteiger partial charge on any atom is 0.314 e. The largest absolute Gasteiger partial charge is 0.497 e. The molecule has 2 unspecified atom stereocenters. The van der Waals surface area contributed by atoms with Gasteiger partial charge < -0.3 is 14.8 Å². The van der Waals surface area contributed by atoms with E-state index in [1.165, 1.54) is 0 Å². The first-order chi connectivity index (χ1) is 12.5. The number of esters is 1. The van der Waals surface area contributed by atoms with Gasteiger partial charge in [-0.1, -0.05) is 56.7 Å². The molecular weight excluding hydrogens is 330 g/mol. The van der Waals surface area contributed by atoms with Gasteiger partial charge in [0.2, 0.25) is 0 Å². The second kappa shape index (κ2) is 9.61. The number of rotatable bonds is 8. The van der Waals surface area contributed by atoms with E-state index in [0.29, 0.717) is 11.4 Å². The van der Waals surface area contributed by atoms with E-state index < -0.39 is 0 Å². The normalized spacial score (nSPS) is 12.7. The molecule has 0 saturated heterocycles. The molecule has 0 aliphatic carbocycles. The van der Waals surface area contributed by atoms with Crippen LogP contribution in [0.3, 0.4) is 0 Å². The molecular formula is C21H25NO4. The lowest BCUT2D eigenvalue weighted by atomic mass is 9.86. The molecule has 0 saturated carbocycles. The zero-order valence-electron chi connectivity index (χ0n) is 15.4. The van der Waals surface area contributed by atoms with Gasteiger partial charge in [0.15, 0.2) is 6.61 Å². The molecule has 0 heterocycles. The zero-order valence-corrected chi connectivity index (χ0v) is 15.4. The number of benzene rings is 2. The van der Waals surface area contributed by atoms with Crippen LogP contribution in [0.25, 0.3) is 0 Å². The van der Waals surface area contributed by atoms with Crippen LogP contribution in [0.4, 0.5) is 5.69 Å². The van der Waals surface area contributed by atoms with Crippen LogP contribution < -0.4 is 10.1 Å². The Balaban J connectivity index is 1.97. The first kappa shape index (κ1) is 19.5. The van der Waals surface area contributed by atoms with E-state index in [2.05, 4.69) is 5.32 Å². The van der Waals surface area contributed by atoms with Crippen molar-refractivity contribution in [2.45, 2.75) is 26.2 Å². The van der Waals surface area contributed by atoms with Gasteiger partial charge in [-0.05, 0) is 23.6 Å². The van der Waals surface area contributed by atoms with Crippen molar-refractivity contribution >= 4 is 17.6 Å². The molecule has 0 aliphatic heterocycles. The smallest absolute Gasteiger partial charge is 0.314 e. The molecule has 1 N–H and O–H groups in total. The first-order valence-corrected chi connectivity index (χ1v) is 8.70. The molecule has 138 valence electrons. The van der Waals surface area contributed by atoms with Crippen LogP contribution in [-0.2, 0) is 14.3 Å². The van der Waals surface area contributed by atoms with Crippen LogP contribution in [0.1, 0.15) is 31.7 Å². The molecule has 1 amide bonds. The third-order valence-corrected chi connectivity index (χ3v) is 4.32. The van der Waals surface area contributed by atoms with Gasteiger partial charge in [-0.15, -0.1) is 0 Å². The van der Waals surface area contributed by atoms with Gasteiger partial charge in [0.1, 0.15) is 5.75 Å². The monoisotopic (exact) mass is 355 g/mol. The van der Waals surface area contributed by atoms with E-state index in [1.807, 2.05) is 44.2 Å². The summed E-state index contributed by atoms with van der Waals surface area (Å²) in [4.78, 5) is 24.7. The maximum absolute atomic E-state index is 12.6. The van der Waals surface area contributed by atoms with Crippen LogP contribution in [-0.4, -0.2) is 25.6 Å². The minimum Gasteiger partial charge on any atom is -0.497 e. The van der Waals surface area contributed by atoms with Gasteiger partial charge in [-0.2, -0.15) is 0 Å². The van der Waals surface area contributed by atoms with Crippen molar-refractivity contribution in [3.8, 4) is 5.75 Å². The van der Waals surface area contributed by atoms with Crippen LogP contribution >= 0.6 is 0 Å². The number of anilines is 1. The van der Waals surface area contributed by atoms with Crippen LogP contribution in [0.2, 0.25) is 0 Å². The van der Waals surface area contributed by atoms with Gasteiger partial charge in [0.05, 0.1) is 13.0 Å². The number of hydrogen-bond acceptors (Lipinski definition) is 4. The fourth-order valence-electron chi connectivity index (χ4n) is 2.72. The minimum absolute atomic E-state index is 0.117. The summed E-state index contributed by atoms with van der Waals surface area (Å²) in [6.45, 7) is 3.72. The highest BCUT2D eigenvalue weighted by Gasteiger charge is 2.27. The topological polar surface area (TPSA) is 64.6 Å². The Kier molecular flexibility index (Phi) is 7.21. The van der Waals surface area contributed by atoms with E-state index >= 15 is 0 Å². The zero-order chi connectivity index (χ0) is 18.9. The van der Waals surface area contributed by atoms with Gasteiger partial charge in [0, 0.05) is 11.8 Å². The lowest BCUT2D eigenvalue weighted by molar-refractivity contribution is -0.150. The molecule has 5 heteroatoms. The van der Waals surface area contributed by atoms with E-state index in [9.17, 15) is 9.59 Å². The number of nitrogens with one attached hydrogen (secondary N) is 1. The minimum atomic E-state index is -0.387. The van der Waals surface area contributed by atoms with E-state index in [4.69, 9.17) is 9.47 Å². The summed E-state index contributed by atoms with van der Waals surface area (Å²) >= 11 is 0. The number of methoxy groups -OCH3 is 1. The predicted molar refractivity (Wildman–Crippen MR) is 101 cm³/mol. The molecule has 0 bridgehead atoms. The van der Waals surface area contributed by atoms with Crippen molar-refractivity contribution in [3.05, 3.63) is 60.2 Å². The summed E-state index contributed by atoms with van der Waals surface area (Å²) in [6, 6.07) is 16.5. The Hall–Kier alpha value is -2.82. The number of hydrogen-bond donors (Lipinski definition) is 1. The maximum atomic E-state index is 12.6. The Morgan fingerprint density at radius 2 is 1.81 bits per heavy atom. The number of amides is 1. The lowest BCUT2D eigenvalue weighted by Gasteiger charge is -2.21. The molecule has 0 spiro atoms. The number of carbonyl (C=O) groups excluding carboxylic acids is 2. The first-order valence-electron chi connectivity index (χ1n) is 8.70. The molecule has 0 fully saturated rings. The summed E-state index contributed by atoms with van der Waals surface area (Å²) in [5.74, 6) is -0.396. The summed E-state index contributed by atoms with van der Waals surface area (Å²) in [5.41, 5.74) is 1.49. The predicted octanol–water partition coefficient (Wildman–Crippen LogP) is 4.01. The van der Waals surface area contributed by atoms with Crippen molar-refractivity contribution in [2.24, 2.45) is 5.92 Å². The molecule has 26 heavy (non-hydrogen) atoms. The van der Waals surface area contributed by atoms with Gasteiger partial charge in [0.25, 0.3) is 5.91 Å². The molecule has 0 aromatic heterocycles. The lowest BCUT2D eigenvalue weighted by Crippen LogP contribution is -2.26. The number of carbonyl (C=O) groups is 2. The highest BCUT2D eigenvalue weighted by Crippen LogP contribution is 2.28. The summed E-state index contributed by atoms with van der Waals surface area (Å²) in [6.07, 6.45) is 0.838. The summed E-state index contributed by atoms with van der Waals surface area (Å²) < 4.78 is 10.4. The Morgan fingerprint density at radius 1 is 1.08 bits per heavy atom. The Bertz CT molecular complexity index is 730. The van der Waals surface area contributed by atoms with E-state index in [1.54, 1.807) is 31.4 Å². The summed E-state index contributed by atoms with van der Waals surface area (Å²) in [5, 5.41) is 2.70. The summed E-state index contributed by atoms with van der Waals surface area (Å²) in [7, 11) is 1.56. The van der Waals surface area contributed by atoms with Crippen molar-refractivity contribution in [1.29, 1.82) is 0 Å². The molecule has 5 nitrogen and oxygen atoms in total. The van der Waals surface area contributed by atoms with Gasteiger partial charge in [-0.3, -0.25) is 9.59 Å². The van der Waals surface area contributed by atoms with Crippen molar-refractivity contribution < 1.29 is 19.1 Å². The van der Waals surface area contributed by atoms with Crippen molar-refractivity contribution in [2.75, 3.05) is 19.0 Å². The van der Waals surface area contributed by atoms with Crippen molar-refractivity contribution in [3.63, 3.8) is 0 Å². The van der Waals surface area contributed by atoms with E-state index in [-0.39, 0.29) is 30.3 Å². The number of ether oxygens (including phenoxy) is 2. The molecule has 2 rings (SSSR count). The molecule has 2 aromatic rings. The van der Waals surface area contributed by atoms with Gasteiger partial charge in [-0.25, -0.2) is 0 Å². The third kappa shape index (κ3) is 5.34. The third-order valence-electron chi connectivity index (χ3n) is 4.32. The fourth-order valence-corrected chi connectivity index (χ4v) is 2.72. The molecule has 0 radical (unpaired) electrons. The highest BCUT2D eigenvalue weighted by atomic mass is 16.5. The van der Waals surface area contributed by atoms with Gasteiger partial charge >= 0.3 is 5.97 Å². The van der Waals surface area contributed by atoms with E-state index in [0.717, 1.165) is 12.0 Å². The molecule has 2 aromatic carbocycles. The van der Waals surface area contributed by atoms with Crippen LogP contribution in [0.15, 0.2) is 54.6 Å². The average molecular weight is 355 g/mol. The van der Waals surface area contributed by atoms with Crippen molar-refractivity contribution in [1.82, 2.24) is 0 Å². The average Bonchev–Trinajstić information content (AvgIpc) is 2.67. The highest BCUT2D eigenvalue weighted by molar-refractivity contribution is 5.93. The fraction of sp³-hybridized carbons (Fsp3) is 0.333.